The number of aromatic nitrogens is 1. The van der Waals surface area contributed by atoms with Crippen LogP contribution in [0.5, 0.6) is 0 Å². The van der Waals surface area contributed by atoms with E-state index in [4.69, 9.17) is 27.1 Å². The third kappa shape index (κ3) is 5.73. The van der Waals surface area contributed by atoms with Crippen LogP contribution in [0.3, 0.4) is 0 Å². The van der Waals surface area contributed by atoms with Crippen LogP contribution in [0.2, 0.25) is 5.02 Å². The van der Waals surface area contributed by atoms with Crippen LogP contribution >= 0.6 is 11.6 Å². The van der Waals surface area contributed by atoms with Gasteiger partial charge < -0.3 is 31.4 Å². The molecule has 1 fully saturated rings. The van der Waals surface area contributed by atoms with Crippen molar-refractivity contribution in [1.82, 2.24) is 20.9 Å². The molecule has 0 aliphatic carbocycles. The second kappa shape index (κ2) is 10.4. The second-order valence-electron chi connectivity index (χ2n) is 8.26. The summed E-state index contributed by atoms with van der Waals surface area (Å²) in [6, 6.07) is 5.39. The monoisotopic (exact) mass is 474 g/mol. The van der Waals surface area contributed by atoms with Gasteiger partial charge in [-0.05, 0) is 60.7 Å². The van der Waals surface area contributed by atoms with Gasteiger partial charge in [-0.1, -0.05) is 11.6 Å². The number of halogens is 2. The van der Waals surface area contributed by atoms with E-state index in [0.717, 1.165) is 37.2 Å². The molecule has 1 aromatic carbocycles. The molecule has 176 valence electrons. The minimum atomic E-state index is -0.578. The van der Waals surface area contributed by atoms with Crippen LogP contribution in [0.25, 0.3) is 0 Å². The number of amides is 1. The highest BCUT2D eigenvalue weighted by Crippen LogP contribution is 2.28. The number of nitrogens with zero attached hydrogens (tertiary/aromatic N) is 1. The number of nitrogens with one attached hydrogen (secondary N) is 4. The summed E-state index contributed by atoms with van der Waals surface area (Å²) in [5, 5.41) is 9.72. The fourth-order valence-corrected chi connectivity index (χ4v) is 4.20. The first-order valence-corrected chi connectivity index (χ1v) is 11.3. The van der Waals surface area contributed by atoms with E-state index in [0.29, 0.717) is 23.3 Å². The Morgan fingerprint density at radius 2 is 2.12 bits per heavy atom. The molecule has 2 aliphatic heterocycles. The molecule has 4 rings (SSSR count). The predicted octanol–water partition coefficient (Wildman–Crippen LogP) is 2.91. The van der Waals surface area contributed by atoms with E-state index in [1.54, 1.807) is 18.3 Å². The molecule has 2 atom stereocenters. The molecule has 2 aromatic rings. The molecule has 3 heterocycles. The van der Waals surface area contributed by atoms with Gasteiger partial charge in [-0.25, -0.2) is 9.38 Å². The Balaban J connectivity index is 1.46. The van der Waals surface area contributed by atoms with Crippen molar-refractivity contribution in [2.24, 2.45) is 10.7 Å². The molecule has 2 aliphatic rings. The summed E-state index contributed by atoms with van der Waals surface area (Å²) in [4.78, 5) is 20.7. The number of hydrogen-bond donors (Lipinski definition) is 5. The van der Waals surface area contributed by atoms with Crippen LogP contribution in [0.4, 0.5) is 4.39 Å². The summed E-state index contributed by atoms with van der Waals surface area (Å²) in [6.07, 6.45) is 5.56. The van der Waals surface area contributed by atoms with E-state index in [1.165, 1.54) is 12.1 Å². The first-order chi connectivity index (χ1) is 15.9. The Bertz CT molecular complexity index is 1040. The van der Waals surface area contributed by atoms with Crippen LogP contribution in [-0.2, 0) is 4.74 Å². The average molecular weight is 475 g/mol. The Morgan fingerprint density at radius 3 is 2.85 bits per heavy atom. The van der Waals surface area contributed by atoms with Gasteiger partial charge in [-0.2, -0.15) is 0 Å². The molecule has 6 N–H and O–H groups in total. The van der Waals surface area contributed by atoms with Gasteiger partial charge in [-0.15, -0.1) is 0 Å². The molecular weight excluding hydrogens is 447 g/mol. The number of carbonyl (C=O) groups excluding carboxylic acids is 1. The van der Waals surface area contributed by atoms with Crippen LogP contribution in [0, 0.1) is 5.82 Å². The molecule has 1 amide bonds. The van der Waals surface area contributed by atoms with Gasteiger partial charge in [0.15, 0.2) is 5.96 Å². The standard InChI is InChI=1S/C23H28ClFN6O2/c1-13-11-28-23(29-18-2-4-33-5-3-18)31-21(13)15-8-19(27-12-15)22(32)30-20(10-26)14-6-16(24)9-17(25)7-14/h6-9,11-12,18,20-21,27H,2-5,10,26H2,1H3,(H,30,32)(H2,28,29,31). The first-order valence-electron chi connectivity index (χ1n) is 10.9. The first kappa shape index (κ1) is 23.3. The van der Waals surface area contributed by atoms with Gasteiger partial charge >= 0.3 is 0 Å². The van der Waals surface area contributed by atoms with Crippen LogP contribution in [0.1, 0.15) is 53.5 Å². The Hall–Kier alpha value is -2.88. The van der Waals surface area contributed by atoms with E-state index >= 15 is 0 Å². The van der Waals surface area contributed by atoms with Crippen LogP contribution in [-0.4, -0.2) is 42.7 Å². The summed E-state index contributed by atoms with van der Waals surface area (Å²) in [6.45, 7) is 3.56. The maximum Gasteiger partial charge on any atom is 0.268 e. The normalized spacial score (nSPS) is 19.8. The van der Waals surface area contributed by atoms with Crippen molar-refractivity contribution in [3.8, 4) is 0 Å². The maximum atomic E-state index is 13.7. The average Bonchev–Trinajstić information content (AvgIpc) is 3.29. The number of carbonyl (C=O) groups is 1. The third-order valence-corrected chi connectivity index (χ3v) is 6.00. The zero-order valence-electron chi connectivity index (χ0n) is 18.3. The number of nitrogens with two attached hydrogens (primary N) is 1. The van der Waals surface area contributed by atoms with Crippen molar-refractivity contribution in [2.45, 2.75) is 37.9 Å². The lowest BCUT2D eigenvalue weighted by molar-refractivity contribution is 0.0822. The molecule has 8 nitrogen and oxygen atoms in total. The lowest BCUT2D eigenvalue weighted by atomic mass is 10.0. The number of benzene rings is 1. The molecular formula is C23H28ClFN6O2. The predicted molar refractivity (Wildman–Crippen MR) is 126 cm³/mol. The van der Waals surface area contributed by atoms with Gasteiger partial charge in [0.1, 0.15) is 17.6 Å². The smallest absolute Gasteiger partial charge is 0.268 e. The van der Waals surface area contributed by atoms with Crippen molar-refractivity contribution in [1.29, 1.82) is 0 Å². The quantitative estimate of drug-likeness (QED) is 0.441. The van der Waals surface area contributed by atoms with Crippen molar-refractivity contribution in [3.05, 3.63) is 69.9 Å². The zero-order chi connectivity index (χ0) is 23.4. The summed E-state index contributed by atoms with van der Waals surface area (Å²) in [5.74, 6) is -0.128. The van der Waals surface area contributed by atoms with Crippen LogP contribution in [0.15, 0.2) is 47.2 Å². The van der Waals surface area contributed by atoms with Crippen molar-refractivity contribution in [2.75, 3.05) is 19.8 Å². The summed E-state index contributed by atoms with van der Waals surface area (Å²) in [7, 11) is 0. The van der Waals surface area contributed by atoms with Crippen molar-refractivity contribution in [3.63, 3.8) is 0 Å². The van der Waals surface area contributed by atoms with E-state index in [1.807, 2.05) is 13.1 Å². The molecule has 0 bridgehead atoms. The molecule has 1 saturated heterocycles. The van der Waals surface area contributed by atoms with Gasteiger partial charge in [0.2, 0.25) is 0 Å². The Morgan fingerprint density at radius 1 is 1.33 bits per heavy atom. The topological polar surface area (TPSA) is 117 Å². The van der Waals surface area contributed by atoms with Gasteiger partial charge in [0.05, 0.1) is 6.04 Å². The number of ether oxygens (including phenoxy) is 1. The fraction of sp³-hybridized carbons (Fsp3) is 0.391. The second-order valence-corrected chi connectivity index (χ2v) is 8.69. The van der Waals surface area contributed by atoms with Crippen molar-refractivity contribution < 1.29 is 13.9 Å². The lowest BCUT2D eigenvalue weighted by Crippen LogP contribution is -2.45. The number of aromatic amines is 1. The molecule has 2 unspecified atom stereocenters. The number of aliphatic imine (C=N–C) groups is 1. The van der Waals surface area contributed by atoms with Gasteiger partial charge in [0, 0.05) is 43.2 Å². The summed E-state index contributed by atoms with van der Waals surface area (Å²) >= 11 is 5.95. The highest BCUT2D eigenvalue weighted by atomic mass is 35.5. The van der Waals surface area contributed by atoms with Gasteiger partial charge in [-0.3, -0.25) is 4.79 Å². The third-order valence-electron chi connectivity index (χ3n) is 5.78. The lowest BCUT2D eigenvalue weighted by Gasteiger charge is -2.27. The fourth-order valence-electron chi connectivity index (χ4n) is 3.97. The maximum absolute atomic E-state index is 13.7. The summed E-state index contributed by atoms with van der Waals surface area (Å²) in [5.41, 5.74) is 8.58. The molecule has 33 heavy (non-hydrogen) atoms. The molecule has 0 radical (unpaired) electrons. The molecule has 1 aromatic heterocycles. The van der Waals surface area contributed by atoms with Gasteiger partial charge in [0.25, 0.3) is 5.91 Å². The summed E-state index contributed by atoms with van der Waals surface area (Å²) < 4.78 is 19.1. The van der Waals surface area contributed by atoms with E-state index in [-0.39, 0.29) is 23.5 Å². The van der Waals surface area contributed by atoms with E-state index in [2.05, 4.69) is 20.9 Å². The number of H-pyrrole nitrogens is 1. The minimum Gasteiger partial charge on any atom is -0.381 e. The SMILES string of the molecule is CC1=CNC(NC2CCOCC2)=NC1c1c[nH]c(C(=O)NC(CN)c2cc(F)cc(Cl)c2)c1. The number of hydrogen-bond acceptors (Lipinski definition) is 6. The van der Waals surface area contributed by atoms with E-state index in [9.17, 15) is 9.18 Å². The highest BCUT2D eigenvalue weighted by Gasteiger charge is 2.23. The highest BCUT2D eigenvalue weighted by molar-refractivity contribution is 6.30. The van der Waals surface area contributed by atoms with E-state index < -0.39 is 11.9 Å². The minimum absolute atomic E-state index is 0.0980. The molecule has 10 heteroatoms. The number of guanidine groups is 1. The Labute approximate surface area is 196 Å². The van der Waals surface area contributed by atoms with Crippen LogP contribution < -0.4 is 21.7 Å². The number of rotatable bonds is 6. The zero-order valence-corrected chi connectivity index (χ0v) is 19.1. The Kier molecular flexibility index (Phi) is 7.32. The van der Waals surface area contributed by atoms with Crippen molar-refractivity contribution >= 4 is 23.5 Å². The largest absolute Gasteiger partial charge is 0.381 e. The molecule has 0 saturated carbocycles. The molecule has 0 spiro atoms.